The minimum atomic E-state index is 0.174. The van der Waals surface area contributed by atoms with Crippen molar-refractivity contribution in [3.63, 3.8) is 0 Å². The van der Waals surface area contributed by atoms with E-state index in [1.54, 1.807) is 6.08 Å². The van der Waals surface area contributed by atoms with Crippen molar-refractivity contribution < 1.29 is 4.79 Å². The molecule has 0 radical (unpaired) electrons. The molecule has 0 aromatic carbocycles. The van der Waals surface area contributed by atoms with E-state index < -0.39 is 0 Å². The smallest absolute Gasteiger partial charge is 0.211 e. The quantitative estimate of drug-likeness (QED) is 0.457. The summed E-state index contributed by atoms with van der Waals surface area (Å²) < 4.78 is 0. The zero-order chi connectivity index (χ0) is 12.9. The Hall–Kier alpha value is -0.760. The van der Waals surface area contributed by atoms with Crippen LogP contribution in [0.4, 0.5) is 0 Å². The lowest BCUT2D eigenvalue weighted by Gasteiger charge is -2.05. The van der Waals surface area contributed by atoms with Crippen LogP contribution in [0.1, 0.15) is 40.0 Å². The molecule has 0 rings (SSSR count). The van der Waals surface area contributed by atoms with E-state index in [0.717, 1.165) is 25.0 Å². The zero-order valence-electron chi connectivity index (χ0n) is 11.2. The molecule has 0 saturated heterocycles. The van der Waals surface area contributed by atoms with Gasteiger partial charge in [-0.2, -0.15) is 0 Å². The van der Waals surface area contributed by atoms with Crippen molar-refractivity contribution in [3.05, 3.63) is 36.5 Å². The summed E-state index contributed by atoms with van der Waals surface area (Å²) in [5.74, 6) is 1.53. The molecule has 0 aromatic heterocycles. The Morgan fingerprint density at radius 3 is 2.71 bits per heavy atom. The summed E-state index contributed by atoms with van der Waals surface area (Å²) in [6.45, 7) is 6.26. The Kier molecular flexibility index (Phi) is 11.2. The van der Waals surface area contributed by atoms with Crippen LogP contribution < -0.4 is 0 Å². The molecule has 0 fully saturated rings. The van der Waals surface area contributed by atoms with E-state index in [-0.39, 0.29) is 5.12 Å². The van der Waals surface area contributed by atoms with E-state index in [1.165, 1.54) is 11.8 Å². The summed E-state index contributed by atoms with van der Waals surface area (Å²) in [5, 5.41) is 0.174. The Bertz CT molecular complexity index is 277. The largest absolute Gasteiger partial charge is 0.282 e. The van der Waals surface area contributed by atoms with Gasteiger partial charge in [0.2, 0.25) is 5.12 Å². The van der Waals surface area contributed by atoms with Crippen molar-refractivity contribution in [1.82, 2.24) is 0 Å². The molecule has 0 heterocycles. The minimum Gasteiger partial charge on any atom is -0.282 e. The third-order valence-electron chi connectivity index (χ3n) is 2.34. The van der Waals surface area contributed by atoms with Gasteiger partial charge in [0.15, 0.2) is 0 Å². The van der Waals surface area contributed by atoms with Crippen molar-refractivity contribution in [2.24, 2.45) is 5.92 Å². The van der Waals surface area contributed by atoms with E-state index >= 15 is 0 Å². The maximum Gasteiger partial charge on any atom is 0.211 e. The van der Waals surface area contributed by atoms with Crippen molar-refractivity contribution in [1.29, 1.82) is 0 Å². The molecule has 0 N–H and O–H groups in total. The highest BCUT2D eigenvalue weighted by atomic mass is 32.2. The van der Waals surface area contributed by atoms with Gasteiger partial charge in [-0.3, -0.25) is 4.79 Å². The molecular weight excluding hydrogens is 228 g/mol. The Balaban J connectivity index is 3.63. The highest BCUT2D eigenvalue weighted by Crippen LogP contribution is 2.12. The van der Waals surface area contributed by atoms with Crippen molar-refractivity contribution in [3.8, 4) is 0 Å². The molecule has 0 aromatic rings. The first kappa shape index (κ1) is 16.2. The van der Waals surface area contributed by atoms with Crippen molar-refractivity contribution >= 4 is 16.9 Å². The molecule has 1 nitrogen and oxygen atoms in total. The van der Waals surface area contributed by atoms with Crippen LogP contribution in [0, 0.1) is 5.92 Å². The lowest BCUT2D eigenvalue weighted by atomic mass is 10.0. The second-order valence-corrected chi connectivity index (χ2v) is 5.29. The number of rotatable bonds is 8. The van der Waals surface area contributed by atoms with Gasteiger partial charge in [0.05, 0.1) is 0 Å². The SMILES string of the molecule is C/C=C/C=C/C[C@H](C)CC/C=C/C(=O)SCC. The summed E-state index contributed by atoms with van der Waals surface area (Å²) in [4.78, 5) is 11.2. The van der Waals surface area contributed by atoms with Gasteiger partial charge < -0.3 is 0 Å². The van der Waals surface area contributed by atoms with Crippen LogP contribution >= 0.6 is 11.8 Å². The highest BCUT2D eigenvalue weighted by Gasteiger charge is 1.98. The molecule has 0 spiro atoms. The Labute approximate surface area is 110 Å². The molecule has 0 aliphatic rings. The van der Waals surface area contributed by atoms with Gasteiger partial charge >= 0.3 is 0 Å². The van der Waals surface area contributed by atoms with Crippen LogP contribution in [0.3, 0.4) is 0 Å². The number of hydrogen-bond donors (Lipinski definition) is 0. The topological polar surface area (TPSA) is 17.1 Å². The molecule has 0 amide bonds. The Morgan fingerprint density at radius 2 is 2.06 bits per heavy atom. The maximum atomic E-state index is 11.2. The monoisotopic (exact) mass is 252 g/mol. The number of carbonyl (C=O) groups is 1. The van der Waals surface area contributed by atoms with Crippen LogP contribution in [-0.2, 0) is 4.79 Å². The number of thioether (sulfide) groups is 1. The van der Waals surface area contributed by atoms with Crippen LogP contribution in [0.15, 0.2) is 36.5 Å². The van der Waals surface area contributed by atoms with Gasteiger partial charge in [0, 0.05) is 0 Å². The van der Waals surface area contributed by atoms with E-state index in [2.05, 4.69) is 19.1 Å². The van der Waals surface area contributed by atoms with Crippen LogP contribution in [0.5, 0.6) is 0 Å². The molecule has 2 heteroatoms. The number of allylic oxidation sites excluding steroid dienone is 5. The molecule has 0 aliphatic carbocycles. The maximum absolute atomic E-state index is 11.2. The van der Waals surface area contributed by atoms with E-state index in [4.69, 9.17) is 0 Å². The van der Waals surface area contributed by atoms with Gasteiger partial charge in [-0.05, 0) is 43.9 Å². The molecule has 0 saturated carbocycles. The average molecular weight is 252 g/mol. The normalized spacial score (nSPS) is 14.1. The van der Waals surface area contributed by atoms with E-state index in [1.807, 2.05) is 32.1 Å². The first-order valence-electron chi connectivity index (χ1n) is 6.31. The average Bonchev–Trinajstić information content (AvgIpc) is 2.31. The molecule has 0 aliphatic heterocycles. The van der Waals surface area contributed by atoms with Gasteiger partial charge in [-0.15, -0.1) is 0 Å². The van der Waals surface area contributed by atoms with Crippen LogP contribution in [0.2, 0.25) is 0 Å². The molecule has 0 bridgehead atoms. The number of hydrogen-bond acceptors (Lipinski definition) is 2. The lowest BCUT2D eigenvalue weighted by molar-refractivity contribution is -0.107. The van der Waals surface area contributed by atoms with Crippen molar-refractivity contribution in [2.45, 2.75) is 40.0 Å². The first-order chi connectivity index (χ1) is 8.20. The summed E-state index contributed by atoms with van der Waals surface area (Å²) in [6.07, 6.45) is 15.3. The molecular formula is C15H24OS. The fourth-order valence-electron chi connectivity index (χ4n) is 1.37. The molecule has 17 heavy (non-hydrogen) atoms. The molecule has 96 valence electrons. The van der Waals surface area contributed by atoms with Gasteiger partial charge in [0.1, 0.15) is 0 Å². The molecule has 1 atom stereocenters. The number of carbonyl (C=O) groups excluding carboxylic acids is 1. The summed E-state index contributed by atoms with van der Waals surface area (Å²) in [7, 11) is 0. The highest BCUT2D eigenvalue weighted by molar-refractivity contribution is 8.14. The fraction of sp³-hybridized carbons (Fsp3) is 0.533. The summed E-state index contributed by atoms with van der Waals surface area (Å²) in [6, 6.07) is 0. The Morgan fingerprint density at radius 1 is 1.29 bits per heavy atom. The predicted molar refractivity (Wildman–Crippen MR) is 79.2 cm³/mol. The van der Waals surface area contributed by atoms with Crippen molar-refractivity contribution in [2.75, 3.05) is 5.75 Å². The second kappa shape index (κ2) is 11.7. The van der Waals surface area contributed by atoms with Gasteiger partial charge in [-0.1, -0.05) is 56.0 Å². The summed E-state index contributed by atoms with van der Waals surface area (Å²) >= 11 is 1.36. The second-order valence-electron chi connectivity index (χ2n) is 4.03. The van der Waals surface area contributed by atoms with E-state index in [0.29, 0.717) is 5.92 Å². The third kappa shape index (κ3) is 11.5. The lowest BCUT2D eigenvalue weighted by Crippen LogP contribution is -1.91. The van der Waals surface area contributed by atoms with E-state index in [9.17, 15) is 4.79 Å². The first-order valence-corrected chi connectivity index (χ1v) is 7.30. The summed E-state index contributed by atoms with van der Waals surface area (Å²) in [5.41, 5.74) is 0. The standard InChI is InChI=1S/C15H24OS/c1-4-6-7-8-11-14(3)12-9-10-13-15(16)17-5-2/h4,6-8,10,13-14H,5,9,11-12H2,1-3H3/b6-4+,8-7+,13-10+/t14-/m0/s1. The minimum absolute atomic E-state index is 0.174. The van der Waals surface area contributed by atoms with Crippen LogP contribution in [0.25, 0.3) is 0 Å². The molecule has 0 unspecified atom stereocenters. The zero-order valence-corrected chi connectivity index (χ0v) is 12.0. The van der Waals surface area contributed by atoms with Gasteiger partial charge in [-0.25, -0.2) is 0 Å². The third-order valence-corrected chi connectivity index (χ3v) is 3.05. The van der Waals surface area contributed by atoms with Crippen LogP contribution in [-0.4, -0.2) is 10.9 Å². The fourth-order valence-corrected chi connectivity index (χ4v) is 1.85. The predicted octanol–water partition coefficient (Wildman–Crippen LogP) is 4.76. The van der Waals surface area contributed by atoms with Gasteiger partial charge in [0.25, 0.3) is 0 Å².